The summed E-state index contributed by atoms with van der Waals surface area (Å²) in [4.78, 5) is 0. The molecule has 11 heavy (non-hydrogen) atoms. The lowest BCUT2D eigenvalue weighted by Gasteiger charge is -2.23. The highest BCUT2D eigenvalue weighted by Gasteiger charge is 2.04. The van der Waals surface area contributed by atoms with E-state index in [2.05, 4.69) is 27.7 Å². The minimum absolute atomic E-state index is 1.09. The zero-order chi connectivity index (χ0) is 8.74. The topological polar surface area (TPSA) is 0 Å². The summed E-state index contributed by atoms with van der Waals surface area (Å²) >= 11 is 0. The Kier molecular flexibility index (Phi) is 5.22. The van der Waals surface area contributed by atoms with Gasteiger partial charge in [-0.15, -0.1) is 6.58 Å². The summed E-state index contributed by atoms with van der Waals surface area (Å²) in [6.45, 7) is 4.99. The van der Waals surface area contributed by atoms with Crippen LogP contribution in [0.3, 0.4) is 0 Å². The van der Waals surface area contributed by atoms with Gasteiger partial charge in [-0.25, -0.2) is 0 Å². The van der Waals surface area contributed by atoms with Gasteiger partial charge in [-0.1, -0.05) is 6.08 Å². The molecule has 0 amide bonds. The van der Waals surface area contributed by atoms with Crippen LogP contribution in [0.1, 0.15) is 25.7 Å². The molecule has 0 radical (unpaired) electrons. The maximum atomic E-state index is 3.70. The molecule has 1 heteroatoms. The molecule has 0 aromatic carbocycles. The molecule has 0 aromatic heterocycles. The van der Waals surface area contributed by atoms with Crippen LogP contribution in [0.4, 0.5) is 0 Å². The first-order valence-electron chi connectivity index (χ1n) is 4.47. The summed E-state index contributed by atoms with van der Waals surface area (Å²) < 4.78 is 1.09. The number of unbranched alkanes of at least 4 members (excludes halogenated alkanes) is 3. The molecule has 0 fully saturated rings. The Morgan fingerprint density at radius 2 is 1.73 bits per heavy atom. The number of nitrogens with zero attached hydrogens (tertiary/aromatic N) is 1. The molecular formula is C10H22N+. The van der Waals surface area contributed by atoms with Gasteiger partial charge < -0.3 is 4.48 Å². The fourth-order valence-corrected chi connectivity index (χ4v) is 1.05. The van der Waals surface area contributed by atoms with E-state index in [0.717, 1.165) is 4.48 Å². The molecule has 0 aliphatic rings. The maximum absolute atomic E-state index is 3.70. The van der Waals surface area contributed by atoms with E-state index in [1.807, 2.05) is 6.08 Å². The van der Waals surface area contributed by atoms with E-state index in [1.54, 1.807) is 0 Å². The minimum atomic E-state index is 1.09. The van der Waals surface area contributed by atoms with E-state index in [4.69, 9.17) is 0 Å². The third kappa shape index (κ3) is 9.70. The Hall–Kier alpha value is -0.300. The molecule has 0 unspecified atom stereocenters. The van der Waals surface area contributed by atoms with Gasteiger partial charge in [0.25, 0.3) is 0 Å². The van der Waals surface area contributed by atoms with E-state index >= 15 is 0 Å². The van der Waals surface area contributed by atoms with Gasteiger partial charge in [-0.2, -0.15) is 0 Å². The summed E-state index contributed by atoms with van der Waals surface area (Å²) in [5.74, 6) is 0. The average Bonchev–Trinajstić information content (AvgIpc) is 1.85. The number of hydrogen-bond acceptors (Lipinski definition) is 0. The van der Waals surface area contributed by atoms with Crippen LogP contribution in [0.15, 0.2) is 12.7 Å². The molecule has 0 aliphatic carbocycles. The molecule has 66 valence electrons. The van der Waals surface area contributed by atoms with Crippen LogP contribution in [0.2, 0.25) is 0 Å². The number of allylic oxidation sites excluding steroid dienone is 1. The second kappa shape index (κ2) is 5.36. The van der Waals surface area contributed by atoms with Gasteiger partial charge in [0.1, 0.15) is 0 Å². The Labute approximate surface area is 71.3 Å². The van der Waals surface area contributed by atoms with Crippen molar-refractivity contribution in [2.45, 2.75) is 25.7 Å². The molecule has 0 aliphatic heterocycles. The third-order valence-electron chi connectivity index (χ3n) is 1.74. The lowest BCUT2D eigenvalue weighted by atomic mass is 10.2. The van der Waals surface area contributed by atoms with Crippen molar-refractivity contribution in [3.8, 4) is 0 Å². The SMILES string of the molecule is C=CCCCCC[N+](C)(C)C. The Morgan fingerprint density at radius 1 is 1.09 bits per heavy atom. The highest BCUT2D eigenvalue weighted by molar-refractivity contribution is 4.65. The van der Waals surface area contributed by atoms with Crippen molar-refractivity contribution < 1.29 is 4.48 Å². The Morgan fingerprint density at radius 3 is 2.18 bits per heavy atom. The van der Waals surface area contributed by atoms with Crippen LogP contribution in [0.5, 0.6) is 0 Å². The predicted molar refractivity (Wildman–Crippen MR) is 51.6 cm³/mol. The van der Waals surface area contributed by atoms with E-state index in [1.165, 1.54) is 32.2 Å². The lowest BCUT2D eigenvalue weighted by molar-refractivity contribution is -0.870. The van der Waals surface area contributed by atoms with Gasteiger partial charge in [-0.3, -0.25) is 0 Å². The zero-order valence-electron chi connectivity index (χ0n) is 8.27. The van der Waals surface area contributed by atoms with Crippen molar-refractivity contribution in [3.05, 3.63) is 12.7 Å². The first-order chi connectivity index (χ1) is 5.06. The molecule has 0 heterocycles. The van der Waals surface area contributed by atoms with Crippen molar-refractivity contribution in [3.63, 3.8) is 0 Å². The van der Waals surface area contributed by atoms with Gasteiger partial charge in [-0.05, 0) is 25.7 Å². The molecule has 0 rings (SSSR count). The molecule has 0 saturated heterocycles. The highest BCUT2D eigenvalue weighted by atomic mass is 15.3. The highest BCUT2D eigenvalue weighted by Crippen LogP contribution is 2.02. The molecule has 0 atom stereocenters. The fraction of sp³-hybridized carbons (Fsp3) is 0.800. The van der Waals surface area contributed by atoms with Crippen LogP contribution in [-0.4, -0.2) is 32.2 Å². The monoisotopic (exact) mass is 156 g/mol. The van der Waals surface area contributed by atoms with E-state index in [-0.39, 0.29) is 0 Å². The van der Waals surface area contributed by atoms with Crippen LogP contribution < -0.4 is 0 Å². The standard InChI is InChI=1S/C10H22N/c1-5-6-7-8-9-10-11(2,3)4/h5H,1,6-10H2,2-4H3/q+1. The normalized spacial score (nSPS) is 11.5. The van der Waals surface area contributed by atoms with Gasteiger partial charge in [0, 0.05) is 0 Å². The second-order valence-electron chi connectivity index (χ2n) is 4.15. The maximum Gasteiger partial charge on any atom is 0.0780 e. The minimum Gasteiger partial charge on any atom is -0.331 e. The van der Waals surface area contributed by atoms with Gasteiger partial charge in [0.2, 0.25) is 0 Å². The van der Waals surface area contributed by atoms with Crippen LogP contribution in [0.25, 0.3) is 0 Å². The van der Waals surface area contributed by atoms with E-state index in [0.29, 0.717) is 0 Å². The molecular weight excluding hydrogens is 134 g/mol. The fourth-order valence-electron chi connectivity index (χ4n) is 1.05. The zero-order valence-corrected chi connectivity index (χ0v) is 8.27. The lowest BCUT2D eigenvalue weighted by Crippen LogP contribution is -2.35. The summed E-state index contributed by atoms with van der Waals surface area (Å²) in [6.07, 6.45) is 7.19. The summed E-state index contributed by atoms with van der Waals surface area (Å²) in [5, 5.41) is 0. The average molecular weight is 156 g/mol. The Balaban J connectivity index is 3.08. The van der Waals surface area contributed by atoms with Crippen LogP contribution in [0, 0.1) is 0 Å². The first-order valence-corrected chi connectivity index (χ1v) is 4.47. The van der Waals surface area contributed by atoms with Crippen molar-refractivity contribution in [2.75, 3.05) is 27.7 Å². The molecule has 0 bridgehead atoms. The Bertz CT molecular complexity index is 99.9. The van der Waals surface area contributed by atoms with Gasteiger partial charge >= 0.3 is 0 Å². The van der Waals surface area contributed by atoms with Gasteiger partial charge in [0.05, 0.1) is 27.7 Å². The molecule has 0 aromatic rings. The number of rotatable bonds is 6. The van der Waals surface area contributed by atoms with Crippen LogP contribution >= 0.6 is 0 Å². The smallest absolute Gasteiger partial charge is 0.0780 e. The first kappa shape index (κ1) is 10.7. The van der Waals surface area contributed by atoms with Crippen molar-refractivity contribution in [1.82, 2.24) is 0 Å². The summed E-state index contributed by atoms with van der Waals surface area (Å²) in [6, 6.07) is 0. The second-order valence-corrected chi connectivity index (χ2v) is 4.15. The van der Waals surface area contributed by atoms with Gasteiger partial charge in [0.15, 0.2) is 0 Å². The van der Waals surface area contributed by atoms with Crippen molar-refractivity contribution in [2.24, 2.45) is 0 Å². The number of quaternary nitrogens is 1. The quantitative estimate of drug-likeness (QED) is 0.315. The van der Waals surface area contributed by atoms with E-state index in [9.17, 15) is 0 Å². The van der Waals surface area contributed by atoms with E-state index < -0.39 is 0 Å². The molecule has 1 nitrogen and oxygen atoms in total. The van der Waals surface area contributed by atoms with Crippen LogP contribution in [-0.2, 0) is 0 Å². The molecule has 0 saturated carbocycles. The summed E-state index contributed by atoms with van der Waals surface area (Å²) in [5.41, 5.74) is 0. The summed E-state index contributed by atoms with van der Waals surface area (Å²) in [7, 11) is 6.73. The third-order valence-corrected chi connectivity index (χ3v) is 1.74. The molecule has 0 N–H and O–H groups in total. The van der Waals surface area contributed by atoms with Crippen molar-refractivity contribution >= 4 is 0 Å². The largest absolute Gasteiger partial charge is 0.331 e. The van der Waals surface area contributed by atoms with Crippen molar-refractivity contribution in [1.29, 1.82) is 0 Å². The molecule has 0 spiro atoms. The predicted octanol–water partition coefficient (Wildman–Crippen LogP) is 2.44. The number of hydrogen-bond donors (Lipinski definition) is 0.